The van der Waals surface area contributed by atoms with Gasteiger partial charge in [-0.15, -0.1) is 0 Å². The lowest BCUT2D eigenvalue weighted by Crippen LogP contribution is -2.33. The van der Waals surface area contributed by atoms with Crippen LogP contribution in [0.3, 0.4) is 0 Å². The summed E-state index contributed by atoms with van der Waals surface area (Å²) in [5, 5.41) is 21.1. The number of phosphoric acid groups is 2. The van der Waals surface area contributed by atoms with Crippen LogP contribution in [0.2, 0.25) is 0 Å². The lowest BCUT2D eigenvalue weighted by atomic mass is 10.1. The number of hydrogen-bond donors (Lipinski definition) is 6. The molecule has 22 heteroatoms. The molecule has 1 saturated heterocycles. The maximum atomic E-state index is 13.3. The second-order valence-electron chi connectivity index (χ2n) is 8.09. The van der Waals surface area contributed by atoms with Gasteiger partial charge in [-0.1, -0.05) is 30.3 Å². The molecule has 4 rings (SSSR count). The Kier molecular flexibility index (Phi) is 8.87. The highest BCUT2D eigenvalue weighted by atomic mass is 31.3. The van der Waals surface area contributed by atoms with E-state index >= 15 is 0 Å². The van der Waals surface area contributed by atoms with Crippen LogP contribution in [-0.4, -0.2) is 75.0 Å². The van der Waals surface area contributed by atoms with Gasteiger partial charge in [0.05, 0.1) is 12.9 Å². The first kappa shape index (κ1) is 30.3. The van der Waals surface area contributed by atoms with Gasteiger partial charge in [-0.2, -0.15) is 8.62 Å². The molecular formula is C18H22N5O14P3. The monoisotopic (exact) mass is 625 g/mol. The third-order valence-corrected chi connectivity index (χ3v) is 9.68. The number of hydrogen-bond acceptors (Lipinski definition) is 15. The van der Waals surface area contributed by atoms with E-state index in [-0.39, 0.29) is 17.0 Å². The quantitative estimate of drug-likeness (QED) is 0.161. The predicted octanol–water partition coefficient (Wildman–Crippen LogP) is 0.800. The van der Waals surface area contributed by atoms with Crippen molar-refractivity contribution >= 4 is 45.9 Å². The summed E-state index contributed by atoms with van der Waals surface area (Å²) in [5.74, 6) is 0.0229. The van der Waals surface area contributed by atoms with Gasteiger partial charge in [-0.25, -0.2) is 33.4 Å². The summed E-state index contributed by atoms with van der Waals surface area (Å²) in [4.78, 5) is 51.8. The van der Waals surface area contributed by atoms with Gasteiger partial charge in [0.25, 0.3) is 0 Å². The van der Waals surface area contributed by atoms with Crippen LogP contribution in [0.15, 0.2) is 43.0 Å². The molecule has 2 aromatic heterocycles. The second-order valence-corrected chi connectivity index (χ2v) is 12.9. The van der Waals surface area contributed by atoms with E-state index in [1.165, 1.54) is 23.0 Å². The zero-order chi connectivity index (χ0) is 29.3. The van der Waals surface area contributed by atoms with Crippen LogP contribution in [-0.2, 0) is 42.9 Å². The number of carbonyl (C=O) groups is 1. The van der Waals surface area contributed by atoms with Gasteiger partial charge in [-0.05, 0) is 5.56 Å². The molecule has 1 aromatic carbocycles. The Labute approximate surface area is 223 Å². The van der Waals surface area contributed by atoms with Gasteiger partial charge < -0.3 is 40.1 Å². The number of anilines is 1. The number of benzene rings is 1. The fraction of sp³-hybridized carbons (Fsp3) is 0.333. The average molecular weight is 625 g/mol. The van der Waals surface area contributed by atoms with Crippen molar-refractivity contribution in [2.45, 2.75) is 31.1 Å². The molecule has 218 valence electrons. The number of fused-ring (bicyclic) bond motifs is 1. The molecule has 0 amide bonds. The molecule has 7 N–H and O–H groups in total. The fourth-order valence-corrected chi connectivity index (χ4v) is 7.19. The molecule has 0 bridgehead atoms. The van der Waals surface area contributed by atoms with Crippen molar-refractivity contribution in [2.75, 3.05) is 12.3 Å². The van der Waals surface area contributed by atoms with Crippen molar-refractivity contribution in [3.05, 3.63) is 48.5 Å². The highest BCUT2D eigenvalue weighted by Gasteiger charge is 2.50. The van der Waals surface area contributed by atoms with Crippen molar-refractivity contribution in [3.8, 4) is 0 Å². The van der Waals surface area contributed by atoms with E-state index in [2.05, 4.69) is 23.6 Å². The highest BCUT2D eigenvalue weighted by molar-refractivity contribution is 7.77. The number of nitrogens with zero attached hydrogens (tertiary/aromatic N) is 4. The number of aliphatic hydroxyl groups is 2. The van der Waals surface area contributed by atoms with Crippen LogP contribution >= 0.6 is 23.2 Å². The maximum Gasteiger partial charge on any atom is 0.488 e. The van der Waals surface area contributed by atoms with Gasteiger partial charge in [0.2, 0.25) is 0 Å². The third-order valence-electron chi connectivity index (χ3n) is 5.26. The molecule has 40 heavy (non-hydrogen) atoms. The number of ether oxygens (including phenoxy) is 2. The minimum Gasteiger partial charge on any atom is -0.452 e. The number of nitrogen functional groups attached to an aromatic ring is 1. The summed E-state index contributed by atoms with van der Waals surface area (Å²) in [7, 11) is -17.1. The van der Waals surface area contributed by atoms with Gasteiger partial charge >= 0.3 is 29.0 Å². The smallest absolute Gasteiger partial charge is 0.452 e. The van der Waals surface area contributed by atoms with Crippen molar-refractivity contribution in [3.63, 3.8) is 0 Å². The zero-order valence-electron chi connectivity index (χ0n) is 19.9. The summed E-state index contributed by atoms with van der Waals surface area (Å²) in [6.07, 6.45) is -3.99. The van der Waals surface area contributed by atoms with Crippen LogP contribution in [0.1, 0.15) is 11.8 Å². The Morgan fingerprint density at radius 3 is 2.40 bits per heavy atom. The second kappa shape index (κ2) is 11.7. The Balaban J connectivity index is 1.53. The number of aromatic nitrogens is 4. The van der Waals surface area contributed by atoms with Gasteiger partial charge in [0.15, 0.2) is 17.7 Å². The molecule has 0 radical (unpaired) electrons. The number of nitrogens with two attached hydrogens (primary N) is 1. The molecule has 1 aliphatic heterocycles. The van der Waals surface area contributed by atoms with E-state index < -0.39 is 66.7 Å². The molecule has 0 saturated carbocycles. The minimum atomic E-state index is -5.90. The third kappa shape index (κ3) is 6.98. The standard InChI is InChI=1S/C18H22N5O14P3/c19-15-12-16(21-8-20-15)23(9-22-12)17-14(25)13(24)11(35-17)7-34-38(27,36-40(31,32)37-39(28,29)30)18(26)33-6-10-4-2-1-3-5-10/h1-5,8-9,11,13-14,17,24-25H,6-7H2,(H,31,32)(H2,19,20,21)(H2,28,29,30). The molecule has 1 fully saturated rings. The first-order valence-corrected chi connectivity index (χ1v) is 15.5. The molecule has 0 aliphatic carbocycles. The van der Waals surface area contributed by atoms with E-state index in [0.717, 1.165) is 6.33 Å². The van der Waals surface area contributed by atoms with E-state index in [1.807, 2.05) is 0 Å². The van der Waals surface area contributed by atoms with Gasteiger partial charge in [0, 0.05) is 0 Å². The molecule has 19 nitrogen and oxygen atoms in total. The maximum absolute atomic E-state index is 13.3. The highest BCUT2D eigenvalue weighted by Crippen LogP contribution is 2.68. The first-order chi connectivity index (χ1) is 18.7. The number of rotatable bonds is 11. The topological polar surface area (TPSA) is 285 Å². The fourth-order valence-electron chi connectivity index (χ4n) is 3.52. The zero-order valence-corrected chi connectivity index (χ0v) is 22.6. The summed E-state index contributed by atoms with van der Waals surface area (Å²) in [6.45, 7) is -1.53. The molecule has 1 aliphatic rings. The van der Waals surface area contributed by atoms with Crippen LogP contribution in [0.5, 0.6) is 0 Å². The lowest BCUT2D eigenvalue weighted by molar-refractivity contribution is -0.0483. The Hall–Kier alpha value is -2.63. The van der Waals surface area contributed by atoms with Gasteiger partial charge in [-0.3, -0.25) is 9.09 Å². The summed E-state index contributed by atoms with van der Waals surface area (Å²) >= 11 is 0. The molecule has 6 unspecified atom stereocenters. The summed E-state index contributed by atoms with van der Waals surface area (Å²) in [6, 6.07) is 7.89. The van der Waals surface area contributed by atoms with Crippen molar-refractivity contribution in [2.24, 2.45) is 0 Å². The molecule has 3 aromatic rings. The number of aliphatic hydroxyl groups excluding tert-OH is 2. The SMILES string of the molecule is Nc1ncnc2c1ncn2C1OC(COP(=O)(OP(=O)(O)OP(=O)(O)O)C(=O)OCc2ccccc2)C(O)C1O. The van der Waals surface area contributed by atoms with Crippen LogP contribution in [0.25, 0.3) is 11.2 Å². The predicted molar refractivity (Wildman–Crippen MR) is 130 cm³/mol. The molecule has 0 spiro atoms. The van der Waals surface area contributed by atoms with Crippen LogP contribution in [0.4, 0.5) is 10.6 Å². The Bertz CT molecular complexity index is 1520. The van der Waals surface area contributed by atoms with Crippen molar-refractivity contribution in [1.82, 2.24) is 19.5 Å². The molecule has 3 heterocycles. The van der Waals surface area contributed by atoms with Crippen molar-refractivity contribution < 1.29 is 66.0 Å². The molecular weight excluding hydrogens is 603 g/mol. The van der Waals surface area contributed by atoms with Crippen LogP contribution < -0.4 is 5.73 Å². The van der Waals surface area contributed by atoms with E-state index in [0.29, 0.717) is 5.56 Å². The normalized spacial score (nSPS) is 24.4. The van der Waals surface area contributed by atoms with Crippen LogP contribution in [0, 0.1) is 0 Å². The number of imidazole rings is 1. The van der Waals surface area contributed by atoms with Crippen molar-refractivity contribution in [1.29, 1.82) is 0 Å². The Morgan fingerprint density at radius 2 is 1.73 bits per heavy atom. The van der Waals surface area contributed by atoms with E-state index in [4.69, 9.17) is 29.5 Å². The average Bonchev–Trinajstić information content (AvgIpc) is 3.42. The first-order valence-electron chi connectivity index (χ1n) is 10.9. The Morgan fingerprint density at radius 1 is 1.02 bits per heavy atom. The number of carbonyl (C=O) groups excluding carboxylic acids is 1. The summed E-state index contributed by atoms with van der Waals surface area (Å²) < 4.78 is 60.8. The largest absolute Gasteiger partial charge is 0.488 e. The van der Waals surface area contributed by atoms with E-state index in [1.54, 1.807) is 18.2 Å². The van der Waals surface area contributed by atoms with Gasteiger partial charge in [0.1, 0.15) is 36.8 Å². The lowest BCUT2D eigenvalue weighted by Gasteiger charge is -2.22. The summed E-state index contributed by atoms with van der Waals surface area (Å²) in [5.41, 5.74) is 4.59. The molecule has 6 atom stereocenters. The minimum absolute atomic E-state index is 0.0229. The van der Waals surface area contributed by atoms with E-state index in [9.17, 15) is 33.6 Å².